The first kappa shape index (κ1) is 10.7. The molecule has 0 amide bonds. The highest BCUT2D eigenvalue weighted by Gasteiger charge is 2.23. The fourth-order valence-electron chi connectivity index (χ4n) is 0.826. The van der Waals surface area contributed by atoms with E-state index in [-0.39, 0.29) is 5.71 Å². The van der Waals surface area contributed by atoms with Crippen molar-refractivity contribution >= 4 is 16.8 Å². The molecule has 0 heterocycles. The van der Waals surface area contributed by atoms with Gasteiger partial charge in [-0.3, -0.25) is 0 Å². The van der Waals surface area contributed by atoms with Crippen molar-refractivity contribution in [1.82, 2.24) is 0 Å². The van der Waals surface area contributed by atoms with Crippen LogP contribution in [0, 0.1) is 5.41 Å². The van der Waals surface area contributed by atoms with Gasteiger partial charge in [0.05, 0.1) is 5.25 Å². The molecule has 0 spiro atoms. The number of methoxy groups -OCH3 is 1. The molecule has 4 nitrogen and oxygen atoms in total. The SMILES string of the molecule is CO[C@H](C(C)=N)[C@H](C)S(=O)O. The fourth-order valence-corrected chi connectivity index (χ4v) is 1.35. The van der Waals surface area contributed by atoms with E-state index in [4.69, 9.17) is 14.7 Å². The molecule has 0 rings (SSSR count). The summed E-state index contributed by atoms with van der Waals surface area (Å²) in [6, 6.07) is 0. The summed E-state index contributed by atoms with van der Waals surface area (Å²) in [5.41, 5.74) is 0.266. The van der Waals surface area contributed by atoms with E-state index in [0.717, 1.165) is 0 Å². The summed E-state index contributed by atoms with van der Waals surface area (Å²) in [5.74, 6) is 0. The Hall–Kier alpha value is -0.260. The number of rotatable bonds is 4. The standard InChI is InChI=1S/C6H13NO3S/c1-4(7)6(10-3)5(2)11(8)9/h5-7H,1-3H3,(H,8,9)/t5-,6+/m0/s1. The topological polar surface area (TPSA) is 70.4 Å². The highest BCUT2D eigenvalue weighted by atomic mass is 32.2. The quantitative estimate of drug-likeness (QED) is 0.491. The Morgan fingerprint density at radius 3 is 2.27 bits per heavy atom. The van der Waals surface area contributed by atoms with Crippen molar-refractivity contribution < 1.29 is 13.5 Å². The van der Waals surface area contributed by atoms with Crippen LogP contribution in [0.3, 0.4) is 0 Å². The molecule has 0 aromatic carbocycles. The van der Waals surface area contributed by atoms with Crippen LogP contribution in [0.15, 0.2) is 0 Å². The molecule has 0 radical (unpaired) electrons. The van der Waals surface area contributed by atoms with E-state index in [1.54, 1.807) is 13.8 Å². The van der Waals surface area contributed by atoms with Crippen LogP contribution < -0.4 is 0 Å². The first-order valence-corrected chi connectivity index (χ1v) is 4.35. The van der Waals surface area contributed by atoms with E-state index in [1.165, 1.54) is 7.11 Å². The highest BCUT2D eigenvalue weighted by Crippen LogP contribution is 2.05. The maximum Gasteiger partial charge on any atom is 0.158 e. The second-order valence-electron chi connectivity index (χ2n) is 2.32. The van der Waals surface area contributed by atoms with Crippen molar-refractivity contribution in [2.75, 3.05) is 7.11 Å². The normalized spacial score (nSPS) is 18.9. The molecule has 0 bridgehead atoms. The van der Waals surface area contributed by atoms with Crippen molar-refractivity contribution in [1.29, 1.82) is 5.41 Å². The molecule has 0 aliphatic carbocycles. The molecule has 66 valence electrons. The Morgan fingerprint density at radius 2 is 2.18 bits per heavy atom. The van der Waals surface area contributed by atoms with Crippen LogP contribution in [0.4, 0.5) is 0 Å². The molecule has 0 aromatic heterocycles. The minimum Gasteiger partial charge on any atom is -0.374 e. The van der Waals surface area contributed by atoms with Crippen molar-refractivity contribution in [3.63, 3.8) is 0 Å². The lowest BCUT2D eigenvalue weighted by Crippen LogP contribution is -2.34. The number of hydrogen-bond donors (Lipinski definition) is 2. The van der Waals surface area contributed by atoms with E-state index in [9.17, 15) is 4.21 Å². The van der Waals surface area contributed by atoms with Gasteiger partial charge >= 0.3 is 0 Å². The molecule has 0 fully saturated rings. The van der Waals surface area contributed by atoms with Gasteiger partial charge in [-0.15, -0.1) is 0 Å². The van der Waals surface area contributed by atoms with Crippen LogP contribution in [0.5, 0.6) is 0 Å². The molecule has 0 saturated carbocycles. The van der Waals surface area contributed by atoms with Gasteiger partial charge in [-0.1, -0.05) is 0 Å². The summed E-state index contributed by atoms with van der Waals surface area (Å²) in [7, 11) is 1.42. The summed E-state index contributed by atoms with van der Waals surface area (Å²) in [6.45, 7) is 3.12. The average Bonchev–Trinajstić information content (AvgIpc) is 1.88. The van der Waals surface area contributed by atoms with Crippen LogP contribution in [0.25, 0.3) is 0 Å². The molecule has 0 aliphatic rings. The fraction of sp³-hybridized carbons (Fsp3) is 0.833. The minimum atomic E-state index is -1.93. The molecule has 11 heavy (non-hydrogen) atoms. The zero-order valence-corrected chi connectivity index (χ0v) is 7.64. The number of ether oxygens (including phenoxy) is 1. The molecule has 0 aromatic rings. The van der Waals surface area contributed by atoms with Crippen LogP contribution in [-0.2, 0) is 15.8 Å². The van der Waals surface area contributed by atoms with Gasteiger partial charge in [-0.25, -0.2) is 4.21 Å². The molecule has 2 N–H and O–H groups in total. The summed E-state index contributed by atoms with van der Waals surface area (Å²) < 4.78 is 24.1. The van der Waals surface area contributed by atoms with E-state index in [1.807, 2.05) is 0 Å². The predicted octanol–water partition coefficient (Wildman–Crippen LogP) is 0.651. The van der Waals surface area contributed by atoms with E-state index in [2.05, 4.69) is 0 Å². The lowest BCUT2D eigenvalue weighted by atomic mass is 10.2. The first-order valence-electron chi connectivity index (χ1n) is 3.18. The van der Waals surface area contributed by atoms with E-state index < -0.39 is 22.4 Å². The highest BCUT2D eigenvalue weighted by molar-refractivity contribution is 7.80. The van der Waals surface area contributed by atoms with Crippen LogP contribution in [0.1, 0.15) is 13.8 Å². The third-order valence-electron chi connectivity index (χ3n) is 1.43. The average molecular weight is 179 g/mol. The predicted molar refractivity (Wildman–Crippen MR) is 44.4 cm³/mol. The third-order valence-corrected chi connectivity index (χ3v) is 2.31. The van der Waals surface area contributed by atoms with Crippen molar-refractivity contribution in [3.05, 3.63) is 0 Å². The van der Waals surface area contributed by atoms with Crippen LogP contribution in [-0.4, -0.2) is 32.9 Å². The van der Waals surface area contributed by atoms with Gasteiger partial charge in [0.1, 0.15) is 6.10 Å². The molecular weight excluding hydrogens is 166 g/mol. The summed E-state index contributed by atoms with van der Waals surface area (Å²) in [4.78, 5) is 0. The monoisotopic (exact) mass is 179 g/mol. The molecular formula is C6H13NO3S. The zero-order chi connectivity index (χ0) is 9.02. The Kier molecular flexibility index (Phi) is 4.48. The number of nitrogens with one attached hydrogen (secondary N) is 1. The van der Waals surface area contributed by atoms with Crippen molar-refractivity contribution in [2.45, 2.75) is 25.2 Å². The van der Waals surface area contributed by atoms with Crippen LogP contribution >= 0.6 is 0 Å². The minimum absolute atomic E-state index is 0.266. The van der Waals surface area contributed by atoms with Gasteiger partial charge < -0.3 is 14.7 Å². The second kappa shape index (κ2) is 4.58. The first-order chi connectivity index (χ1) is 5.00. The lowest BCUT2D eigenvalue weighted by Gasteiger charge is -2.18. The largest absolute Gasteiger partial charge is 0.374 e. The molecule has 0 aliphatic heterocycles. The smallest absolute Gasteiger partial charge is 0.158 e. The molecule has 5 heteroatoms. The molecule has 3 atom stereocenters. The van der Waals surface area contributed by atoms with Gasteiger partial charge in [0.2, 0.25) is 0 Å². The summed E-state index contributed by atoms with van der Waals surface area (Å²) in [6.07, 6.45) is -0.555. The molecule has 0 saturated heterocycles. The Labute approximate surface area is 68.7 Å². The van der Waals surface area contributed by atoms with E-state index in [0.29, 0.717) is 0 Å². The van der Waals surface area contributed by atoms with Gasteiger partial charge in [0.15, 0.2) is 11.1 Å². The Balaban J connectivity index is 4.25. The third kappa shape index (κ3) is 3.09. The zero-order valence-electron chi connectivity index (χ0n) is 6.83. The van der Waals surface area contributed by atoms with Gasteiger partial charge in [-0.2, -0.15) is 0 Å². The van der Waals surface area contributed by atoms with Gasteiger partial charge in [0, 0.05) is 12.8 Å². The Morgan fingerprint density at radius 1 is 1.73 bits per heavy atom. The second-order valence-corrected chi connectivity index (χ2v) is 3.62. The van der Waals surface area contributed by atoms with E-state index >= 15 is 0 Å². The van der Waals surface area contributed by atoms with Crippen molar-refractivity contribution in [2.24, 2.45) is 0 Å². The summed E-state index contributed by atoms with van der Waals surface area (Å²) in [5, 5.41) is 6.66. The van der Waals surface area contributed by atoms with Crippen molar-refractivity contribution in [3.8, 4) is 0 Å². The Bertz CT molecular complexity index is 171. The molecule has 1 unspecified atom stereocenters. The lowest BCUT2D eigenvalue weighted by molar-refractivity contribution is 0.153. The maximum absolute atomic E-state index is 10.5. The number of hydrogen-bond acceptors (Lipinski definition) is 3. The van der Waals surface area contributed by atoms with Gasteiger partial charge in [-0.05, 0) is 13.8 Å². The summed E-state index contributed by atoms with van der Waals surface area (Å²) >= 11 is -1.93. The maximum atomic E-state index is 10.5. The van der Waals surface area contributed by atoms with Crippen LogP contribution in [0.2, 0.25) is 0 Å². The van der Waals surface area contributed by atoms with Gasteiger partial charge in [0.25, 0.3) is 0 Å².